The lowest BCUT2D eigenvalue weighted by Gasteiger charge is -2.38. The zero-order valence-corrected chi connectivity index (χ0v) is 15.4. The van der Waals surface area contributed by atoms with Crippen molar-refractivity contribution in [2.45, 2.75) is 19.3 Å². The summed E-state index contributed by atoms with van der Waals surface area (Å²) in [5.74, 6) is -0.000355. The van der Waals surface area contributed by atoms with Gasteiger partial charge >= 0.3 is 0 Å². The van der Waals surface area contributed by atoms with Crippen molar-refractivity contribution in [2.75, 3.05) is 26.2 Å². The van der Waals surface area contributed by atoms with E-state index in [0.29, 0.717) is 21.2 Å². The molecule has 2 fully saturated rings. The van der Waals surface area contributed by atoms with Crippen molar-refractivity contribution in [1.29, 1.82) is 0 Å². The second kappa shape index (κ2) is 6.63. The predicted molar refractivity (Wildman–Crippen MR) is 98.6 cm³/mol. The van der Waals surface area contributed by atoms with E-state index < -0.39 is 0 Å². The molecule has 4 rings (SSSR count). The topological polar surface area (TPSA) is 50.2 Å². The normalized spacial score (nSPS) is 19.5. The van der Waals surface area contributed by atoms with Gasteiger partial charge in [0, 0.05) is 25.8 Å². The maximum Gasteiger partial charge on any atom is 0.274 e. The Kier molecular flexibility index (Phi) is 4.48. The molecule has 5 nitrogen and oxygen atoms in total. The standard InChI is InChI=1S/C18H20Cl2N4O/c19-14-2-1-13(11-15(14)20)24-8-3-16(22-24)17(25)23-9-5-18(6-10-23)4-7-21-12-18/h1-3,8,11,21H,4-7,9-10,12H2. The van der Waals surface area contributed by atoms with E-state index in [1.807, 2.05) is 11.0 Å². The van der Waals surface area contributed by atoms with E-state index in [1.54, 1.807) is 29.1 Å². The number of benzene rings is 1. The number of piperidine rings is 1. The fourth-order valence-corrected chi connectivity index (χ4v) is 4.07. The quantitative estimate of drug-likeness (QED) is 0.870. The summed E-state index contributed by atoms with van der Waals surface area (Å²) >= 11 is 12.0. The number of carbonyl (C=O) groups excluding carboxylic acids is 1. The van der Waals surface area contributed by atoms with Crippen LogP contribution in [-0.4, -0.2) is 46.8 Å². The Morgan fingerprint density at radius 2 is 1.92 bits per heavy atom. The van der Waals surface area contributed by atoms with Crippen LogP contribution in [0.1, 0.15) is 29.8 Å². The summed E-state index contributed by atoms with van der Waals surface area (Å²) in [4.78, 5) is 14.7. The largest absolute Gasteiger partial charge is 0.337 e. The molecule has 0 radical (unpaired) electrons. The van der Waals surface area contributed by atoms with Crippen molar-refractivity contribution in [2.24, 2.45) is 5.41 Å². The van der Waals surface area contributed by atoms with Crippen LogP contribution >= 0.6 is 23.2 Å². The lowest BCUT2D eigenvalue weighted by atomic mass is 9.78. The summed E-state index contributed by atoms with van der Waals surface area (Å²) in [7, 11) is 0. The third-order valence-electron chi connectivity index (χ3n) is 5.42. The third-order valence-corrected chi connectivity index (χ3v) is 6.16. The molecule has 0 aliphatic carbocycles. The summed E-state index contributed by atoms with van der Waals surface area (Å²) in [5.41, 5.74) is 1.64. The number of nitrogens with one attached hydrogen (secondary N) is 1. The molecule has 0 unspecified atom stereocenters. The van der Waals surface area contributed by atoms with Gasteiger partial charge in [-0.25, -0.2) is 4.68 Å². The summed E-state index contributed by atoms with van der Waals surface area (Å²) in [6.07, 6.45) is 5.14. The van der Waals surface area contributed by atoms with E-state index in [1.165, 1.54) is 6.42 Å². The van der Waals surface area contributed by atoms with Crippen LogP contribution in [0.2, 0.25) is 10.0 Å². The number of rotatable bonds is 2. The Balaban J connectivity index is 1.46. The van der Waals surface area contributed by atoms with E-state index in [2.05, 4.69) is 10.4 Å². The highest BCUT2D eigenvalue weighted by molar-refractivity contribution is 6.42. The predicted octanol–water partition coefficient (Wildman–Crippen LogP) is 3.39. The van der Waals surface area contributed by atoms with E-state index in [0.717, 1.165) is 44.7 Å². The van der Waals surface area contributed by atoms with Crippen LogP contribution in [0, 0.1) is 5.41 Å². The number of aromatic nitrogens is 2. The molecule has 2 aromatic rings. The number of nitrogens with zero attached hydrogens (tertiary/aromatic N) is 3. The molecule has 7 heteroatoms. The highest BCUT2D eigenvalue weighted by Crippen LogP contribution is 2.37. The van der Waals surface area contributed by atoms with Crippen LogP contribution in [0.25, 0.3) is 5.69 Å². The molecule has 2 saturated heterocycles. The number of carbonyl (C=O) groups is 1. The Hall–Kier alpha value is -1.56. The van der Waals surface area contributed by atoms with Crippen LogP contribution in [-0.2, 0) is 0 Å². The number of hydrogen-bond acceptors (Lipinski definition) is 3. The summed E-state index contributed by atoms with van der Waals surface area (Å²) in [6, 6.07) is 7.05. The van der Waals surface area contributed by atoms with Gasteiger partial charge in [-0.2, -0.15) is 5.10 Å². The Bertz CT molecular complexity index is 788. The van der Waals surface area contributed by atoms with Crippen LogP contribution < -0.4 is 5.32 Å². The molecule has 0 atom stereocenters. The van der Waals surface area contributed by atoms with E-state index in [9.17, 15) is 4.79 Å². The fraction of sp³-hybridized carbons (Fsp3) is 0.444. The van der Waals surface area contributed by atoms with Crippen molar-refractivity contribution in [3.63, 3.8) is 0 Å². The molecule has 1 aromatic heterocycles. The number of likely N-dealkylation sites (tertiary alicyclic amines) is 1. The van der Waals surface area contributed by atoms with Gasteiger partial charge in [-0.15, -0.1) is 0 Å². The molecule has 132 valence electrons. The van der Waals surface area contributed by atoms with Crippen molar-refractivity contribution < 1.29 is 4.79 Å². The van der Waals surface area contributed by atoms with Gasteiger partial charge in [-0.1, -0.05) is 23.2 Å². The molecular weight excluding hydrogens is 359 g/mol. The minimum Gasteiger partial charge on any atom is -0.337 e. The van der Waals surface area contributed by atoms with Gasteiger partial charge < -0.3 is 10.2 Å². The minimum absolute atomic E-state index is 0.000355. The molecule has 3 heterocycles. The van der Waals surface area contributed by atoms with Crippen LogP contribution in [0.3, 0.4) is 0 Å². The van der Waals surface area contributed by atoms with Crippen molar-refractivity contribution in [3.05, 3.63) is 46.2 Å². The lowest BCUT2D eigenvalue weighted by molar-refractivity contribution is 0.0601. The Morgan fingerprint density at radius 3 is 2.60 bits per heavy atom. The first-order chi connectivity index (χ1) is 12.1. The molecule has 1 N–H and O–H groups in total. The zero-order chi connectivity index (χ0) is 17.4. The minimum atomic E-state index is -0.000355. The Labute approximate surface area is 156 Å². The summed E-state index contributed by atoms with van der Waals surface area (Å²) in [5, 5.41) is 8.84. The van der Waals surface area contributed by atoms with E-state index in [-0.39, 0.29) is 5.91 Å². The van der Waals surface area contributed by atoms with Gasteiger partial charge in [0.2, 0.25) is 0 Å². The first-order valence-electron chi connectivity index (χ1n) is 8.57. The monoisotopic (exact) mass is 378 g/mol. The van der Waals surface area contributed by atoms with Crippen molar-refractivity contribution in [1.82, 2.24) is 20.0 Å². The zero-order valence-electron chi connectivity index (χ0n) is 13.8. The molecular formula is C18H20Cl2N4O. The van der Waals surface area contributed by atoms with Gasteiger partial charge in [-0.05, 0) is 55.5 Å². The molecule has 1 spiro atoms. The molecule has 1 aromatic carbocycles. The molecule has 2 aliphatic heterocycles. The van der Waals surface area contributed by atoms with Crippen LogP contribution in [0.15, 0.2) is 30.5 Å². The average molecular weight is 379 g/mol. The van der Waals surface area contributed by atoms with Gasteiger partial charge in [0.05, 0.1) is 15.7 Å². The Morgan fingerprint density at radius 1 is 1.12 bits per heavy atom. The maximum atomic E-state index is 12.8. The highest BCUT2D eigenvalue weighted by Gasteiger charge is 2.38. The lowest BCUT2D eigenvalue weighted by Crippen LogP contribution is -2.44. The molecule has 1 amide bonds. The van der Waals surface area contributed by atoms with Gasteiger partial charge in [-0.3, -0.25) is 4.79 Å². The molecule has 25 heavy (non-hydrogen) atoms. The number of hydrogen-bond donors (Lipinski definition) is 1. The first kappa shape index (κ1) is 16.9. The van der Waals surface area contributed by atoms with Gasteiger partial charge in [0.15, 0.2) is 5.69 Å². The third kappa shape index (κ3) is 3.28. The summed E-state index contributed by atoms with van der Waals surface area (Å²) < 4.78 is 1.65. The molecule has 0 saturated carbocycles. The maximum absolute atomic E-state index is 12.8. The second-order valence-electron chi connectivity index (χ2n) is 6.96. The number of amides is 1. The van der Waals surface area contributed by atoms with Crippen LogP contribution in [0.5, 0.6) is 0 Å². The van der Waals surface area contributed by atoms with Gasteiger partial charge in [0.25, 0.3) is 5.91 Å². The fourth-order valence-electron chi connectivity index (χ4n) is 3.78. The second-order valence-corrected chi connectivity index (χ2v) is 7.78. The smallest absolute Gasteiger partial charge is 0.274 e. The van der Waals surface area contributed by atoms with Crippen molar-refractivity contribution >= 4 is 29.1 Å². The van der Waals surface area contributed by atoms with Crippen molar-refractivity contribution in [3.8, 4) is 5.69 Å². The molecule has 2 aliphatic rings. The summed E-state index contributed by atoms with van der Waals surface area (Å²) in [6.45, 7) is 3.79. The van der Waals surface area contributed by atoms with E-state index in [4.69, 9.17) is 23.2 Å². The molecule has 0 bridgehead atoms. The number of halogens is 2. The average Bonchev–Trinajstić information content (AvgIpc) is 3.28. The SMILES string of the molecule is O=C(c1ccn(-c2ccc(Cl)c(Cl)c2)n1)N1CCC2(CCNC2)CC1. The highest BCUT2D eigenvalue weighted by atomic mass is 35.5. The van der Waals surface area contributed by atoms with Crippen LogP contribution in [0.4, 0.5) is 0 Å². The van der Waals surface area contributed by atoms with Gasteiger partial charge in [0.1, 0.15) is 0 Å². The van der Waals surface area contributed by atoms with E-state index >= 15 is 0 Å². The first-order valence-corrected chi connectivity index (χ1v) is 9.33.